The second-order valence-electron chi connectivity index (χ2n) is 5.84. The van der Waals surface area contributed by atoms with E-state index in [0.29, 0.717) is 25.7 Å². The standard InChI is InChI=1S/C13H25N3O2/c1-2-5-13(18)9-16(10-13)12(17)8-15-6-3-11(14)4-7-15/h11,18H,2-10,14H2,1H3. The van der Waals surface area contributed by atoms with Gasteiger partial charge in [-0.3, -0.25) is 9.69 Å². The van der Waals surface area contributed by atoms with E-state index in [0.717, 1.165) is 38.8 Å². The molecule has 0 atom stereocenters. The van der Waals surface area contributed by atoms with Crippen molar-refractivity contribution in [2.45, 2.75) is 44.2 Å². The molecule has 0 aliphatic carbocycles. The van der Waals surface area contributed by atoms with Crippen molar-refractivity contribution >= 4 is 5.91 Å². The molecule has 2 fully saturated rings. The summed E-state index contributed by atoms with van der Waals surface area (Å²) < 4.78 is 0. The Morgan fingerprint density at radius 2 is 2.00 bits per heavy atom. The predicted octanol–water partition coefficient (Wildman–Crippen LogP) is -0.217. The van der Waals surface area contributed by atoms with E-state index >= 15 is 0 Å². The van der Waals surface area contributed by atoms with E-state index in [2.05, 4.69) is 11.8 Å². The Balaban J connectivity index is 1.70. The molecule has 1 amide bonds. The maximum absolute atomic E-state index is 12.0. The number of aliphatic hydroxyl groups is 1. The highest BCUT2D eigenvalue weighted by Gasteiger charge is 2.42. The number of carbonyl (C=O) groups is 1. The van der Waals surface area contributed by atoms with Crippen molar-refractivity contribution in [3.63, 3.8) is 0 Å². The third-order valence-electron chi connectivity index (χ3n) is 4.03. The number of hydrogen-bond donors (Lipinski definition) is 2. The lowest BCUT2D eigenvalue weighted by Gasteiger charge is -2.47. The summed E-state index contributed by atoms with van der Waals surface area (Å²) in [6.07, 6.45) is 3.71. The normalized spacial score (nSPS) is 24.9. The zero-order chi connectivity index (χ0) is 13.2. The Kier molecular flexibility index (Phi) is 4.25. The average Bonchev–Trinajstić information content (AvgIpc) is 2.29. The van der Waals surface area contributed by atoms with Crippen LogP contribution in [-0.2, 0) is 4.79 Å². The molecular weight excluding hydrogens is 230 g/mol. The maximum Gasteiger partial charge on any atom is 0.236 e. The Bertz CT molecular complexity index is 295. The number of nitrogens with zero attached hydrogens (tertiary/aromatic N) is 2. The summed E-state index contributed by atoms with van der Waals surface area (Å²) in [6, 6.07) is 0.301. The Morgan fingerprint density at radius 3 is 2.56 bits per heavy atom. The summed E-state index contributed by atoms with van der Waals surface area (Å²) in [5.74, 6) is 0.145. The smallest absolute Gasteiger partial charge is 0.236 e. The van der Waals surface area contributed by atoms with Crippen LogP contribution in [0, 0.1) is 0 Å². The van der Waals surface area contributed by atoms with Crippen LogP contribution < -0.4 is 5.73 Å². The summed E-state index contributed by atoms with van der Waals surface area (Å²) >= 11 is 0. The zero-order valence-corrected chi connectivity index (χ0v) is 11.3. The summed E-state index contributed by atoms with van der Waals surface area (Å²) in [4.78, 5) is 15.9. The molecule has 2 rings (SSSR count). The van der Waals surface area contributed by atoms with E-state index in [4.69, 9.17) is 5.73 Å². The first-order chi connectivity index (χ1) is 8.52. The number of nitrogens with two attached hydrogens (primary N) is 1. The van der Waals surface area contributed by atoms with Crippen molar-refractivity contribution in [3.8, 4) is 0 Å². The quantitative estimate of drug-likeness (QED) is 0.729. The fourth-order valence-electron chi connectivity index (χ4n) is 2.87. The molecule has 0 spiro atoms. The van der Waals surface area contributed by atoms with Gasteiger partial charge in [0.15, 0.2) is 0 Å². The first-order valence-corrected chi connectivity index (χ1v) is 7.00. The third kappa shape index (κ3) is 3.22. The van der Waals surface area contributed by atoms with Gasteiger partial charge in [0.25, 0.3) is 0 Å². The van der Waals surface area contributed by atoms with E-state index < -0.39 is 5.60 Å². The number of likely N-dealkylation sites (tertiary alicyclic amines) is 2. The van der Waals surface area contributed by atoms with E-state index in [9.17, 15) is 9.90 Å². The molecule has 0 saturated carbocycles. The van der Waals surface area contributed by atoms with Crippen molar-refractivity contribution in [2.24, 2.45) is 5.73 Å². The Labute approximate surface area is 109 Å². The summed E-state index contributed by atoms with van der Waals surface area (Å²) in [6.45, 7) is 5.38. The van der Waals surface area contributed by atoms with E-state index in [-0.39, 0.29) is 5.91 Å². The topological polar surface area (TPSA) is 69.8 Å². The van der Waals surface area contributed by atoms with Gasteiger partial charge in [0, 0.05) is 19.1 Å². The molecule has 0 aromatic heterocycles. The van der Waals surface area contributed by atoms with Gasteiger partial charge < -0.3 is 15.7 Å². The van der Waals surface area contributed by atoms with E-state index in [1.165, 1.54) is 0 Å². The van der Waals surface area contributed by atoms with Gasteiger partial charge in [0.05, 0.1) is 25.2 Å². The van der Waals surface area contributed by atoms with Crippen molar-refractivity contribution in [2.75, 3.05) is 32.7 Å². The molecule has 104 valence electrons. The number of amides is 1. The summed E-state index contributed by atoms with van der Waals surface area (Å²) in [5, 5.41) is 10.0. The third-order valence-corrected chi connectivity index (χ3v) is 4.03. The van der Waals surface area contributed by atoms with E-state index in [1.54, 1.807) is 4.90 Å². The van der Waals surface area contributed by atoms with Crippen LogP contribution in [0.25, 0.3) is 0 Å². The van der Waals surface area contributed by atoms with Crippen molar-refractivity contribution < 1.29 is 9.90 Å². The van der Waals surface area contributed by atoms with Crippen molar-refractivity contribution in [1.29, 1.82) is 0 Å². The number of β-amino-alcohol motifs (C(OH)–C–C–N with tert-alkyl or cyclic N) is 1. The molecular formula is C13H25N3O2. The van der Waals surface area contributed by atoms with Crippen LogP contribution in [0.1, 0.15) is 32.6 Å². The van der Waals surface area contributed by atoms with Gasteiger partial charge >= 0.3 is 0 Å². The average molecular weight is 255 g/mol. The molecule has 5 nitrogen and oxygen atoms in total. The molecule has 0 aromatic carbocycles. The van der Waals surface area contributed by atoms with Gasteiger partial charge in [-0.2, -0.15) is 0 Å². The van der Waals surface area contributed by atoms with Gasteiger partial charge in [-0.25, -0.2) is 0 Å². The molecule has 5 heteroatoms. The number of rotatable bonds is 4. The van der Waals surface area contributed by atoms with Gasteiger partial charge in [0.2, 0.25) is 5.91 Å². The minimum absolute atomic E-state index is 0.145. The highest BCUT2D eigenvalue weighted by molar-refractivity contribution is 5.79. The monoisotopic (exact) mass is 255 g/mol. The lowest BCUT2D eigenvalue weighted by atomic mass is 9.89. The summed E-state index contributed by atoms with van der Waals surface area (Å²) in [5.41, 5.74) is 5.22. The Hall–Kier alpha value is -0.650. The van der Waals surface area contributed by atoms with Crippen LogP contribution in [0.15, 0.2) is 0 Å². The molecule has 2 heterocycles. The molecule has 2 aliphatic rings. The molecule has 0 radical (unpaired) electrons. The fraction of sp³-hybridized carbons (Fsp3) is 0.923. The minimum atomic E-state index is -0.616. The molecule has 18 heavy (non-hydrogen) atoms. The SMILES string of the molecule is CCCC1(O)CN(C(=O)CN2CCC(N)CC2)C1. The lowest BCUT2D eigenvalue weighted by Crippen LogP contribution is -2.64. The van der Waals surface area contributed by atoms with Crippen LogP contribution in [0.3, 0.4) is 0 Å². The molecule has 0 unspecified atom stereocenters. The predicted molar refractivity (Wildman–Crippen MR) is 70.1 cm³/mol. The zero-order valence-electron chi connectivity index (χ0n) is 11.3. The molecule has 0 bridgehead atoms. The maximum atomic E-state index is 12.0. The van der Waals surface area contributed by atoms with Crippen molar-refractivity contribution in [1.82, 2.24) is 9.80 Å². The van der Waals surface area contributed by atoms with Gasteiger partial charge in [0.1, 0.15) is 0 Å². The largest absolute Gasteiger partial charge is 0.386 e. The second-order valence-corrected chi connectivity index (χ2v) is 5.84. The van der Waals surface area contributed by atoms with E-state index in [1.807, 2.05) is 0 Å². The van der Waals surface area contributed by atoms with Gasteiger partial charge in [-0.1, -0.05) is 13.3 Å². The van der Waals surface area contributed by atoms with Gasteiger partial charge in [-0.05, 0) is 19.3 Å². The van der Waals surface area contributed by atoms with Gasteiger partial charge in [-0.15, -0.1) is 0 Å². The van der Waals surface area contributed by atoms with Crippen LogP contribution >= 0.6 is 0 Å². The number of piperidine rings is 1. The first-order valence-electron chi connectivity index (χ1n) is 7.00. The van der Waals surface area contributed by atoms with Crippen LogP contribution in [0.4, 0.5) is 0 Å². The number of carbonyl (C=O) groups excluding carboxylic acids is 1. The molecule has 0 aromatic rings. The van der Waals surface area contributed by atoms with Crippen LogP contribution in [0.5, 0.6) is 0 Å². The van der Waals surface area contributed by atoms with Crippen LogP contribution in [-0.4, -0.2) is 65.2 Å². The highest BCUT2D eigenvalue weighted by Crippen LogP contribution is 2.25. The Morgan fingerprint density at radius 1 is 1.39 bits per heavy atom. The number of hydrogen-bond acceptors (Lipinski definition) is 4. The second kappa shape index (κ2) is 5.55. The fourth-order valence-corrected chi connectivity index (χ4v) is 2.87. The molecule has 3 N–H and O–H groups in total. The highest BCUT2D eigenvalue weighted by atomic mass is 16.3. The first kappa shape index (κ1) is 13.8. The summed E-state index contributed by atoms with van der Waals surface area (Å²) in [7, 11) is 0. The minimum Gasteiger partial charge on any atom is -0.386 e. The lowest BCUT2D eigenvalue weighted by molar-refractivity contribution is -0.157. The molecule has 2 saturated heterocycles. The molecule has 2 aliphatic heterocycles. The van der Waals surface area contributed by atoms with Crippen LogP contribution in [0.2, 0.25) is 0 Å². The van der Waals surface area contributed by atoms with Crippen molar-refractivity contribution in [3.05, 3.63) is 0 Å².